The lowest BCUT2D eigenvalue weighted by molar-refractivity contribution is 0.162. The Hall–Kier alpha value is -1.29. The normalized spacial score (nSPS) is 18.8. The first-order valence-electron chi connectivity index (χ1n) is 7.27. The zero-order valence-electron chi connectivity index (χ0n) is 13.2. The fourth-order valence-electron chi connectivity index (χ4n) is 2.24. The van der Waals surface area contributed by atoms with Crippen LogP contribution in [0.3, 0.4) is 0 Å². The predicted molar refractivity (Wildman–Crippen MR) is 95.7 cm³/mol. The van der Waals surface area contributed by atoms with Crippen LogP contribution >= 0.6 is 23.4 Å². The summed E-state index contributed by atoms with van der Waals surface area (Å²) in [5.74, 6) is 0.605. The minimum atomic E-state index is -4.51. The number of urea groups is 1. The van der Waals surface area contributed by atoms with Crippen molar-refractivity contribution in [3.63, 3.8) is 0 Å². The van der Waals surface area contributed by atoms with Crippen LogP contribution in [0.4, 0.5) is 4.79 Å². The molecule has 1 aliphatic rings. The van der Waals surface area contributed by atoms with Crippen LogP contribution in [0.2, 0.25) is 5.02 Å². The molecule has 0 aromatic heterocycles. The molecule has 2 rings (SSSR count). The van der Waals surface area contributed by atoms with Crippen molar-refractivity contribution in [2.45, 2.75) is 25.9 Å². The summed E-state index contributed by atoms with van der Waals surface area (Å²) in [6, 6.07) is 6.49. The number of aliphatic imine (C=N–C) groups is 1. The first-order valence-corrected chi connectivity index (χ1v) is 10.1. The molecule has 1 aliphatic heterocycles. The van der Waals surface area contributed by atoms with Crippen molar-refractivity contribution < 1.29 is 17.8 Å². The van der Waals surface area contributed by atoms with Gasteiger partial charge in [0, 0.05) is 11.6 Å². The lowest BCUT2D eigenvalue weighted by Gasteiger charge is -2.37. The zero-order valence-corrected chi connectivity index (χ0v) is 15.6. The average Bonchev–Trinajstić information content (AvgIpc) is 2.51. The summed E-state index contributed by atoms with van der Waals surface area (Å²) in [5, 5.41) is 0.854. The van der Waals surface area contributed by atoms with E-state index in [1.807, 2.05) is 6.92 Å². The fourth-order valence-corrected chi connectivity index (χ4v) is 3.95. The smallest absolute Gasteiger partial charge is 0.287 e. The monoisotopic (exact) mass is 391 g/mol. The van der Waals surface area contributed by atoms with Crippen molar-refractivity contribution in [3.8, 4) is 0 Å². The van der Waals surface area contributed by atoms with Gasteiger partial charge in [0.1, 0.15) is 0 Å². The number of halogens is 1. The van der Waals surface area contributed by atoms with Crippen LogP contribution in [0.25, 0.3) is 0 Å². The Bertz CT molecular complexity index is 737. The number of hydrogen-bond donors (Lipinski definition) is 1. The number of nitrogens with zero attached hydrogens (tertiary/aromatic N) is 3. The highest BCUT2D eigenvalue weighted by atomic mass is 35.5. The van der Waals surface area contributed by atoms with Crippen molar-refractivity contribution in [3.05, 3.63) is 34.9 Å². The molecule has 0 radical (unpaired) electrons. The molecule has 0 saturated carbocycles. The summed E-state index contributed by atoms with van der Waals surface area (Å²) in [4.78, 5) is 19.2. The zero-order chi connectivity index (χ0) is 17.9. The largest absolute Gasteiger partial charge is 0.328 e. The van der Waals surface area contributed by atoms with Crippen molar-refractivity contribution in [2.24, 2.45) is 4.99 Å². The highest BCUT2D eigenvalue weighted by Gasteiger charge is 2.40. The quantitative estimate of drug-likeness (QED) is 0.779. The average molecular weight is 392 g/mol. The first kappa shape index (κ1) is 19.0. The number of carbonyl (C=O) groups is 1. The van der Waals surface area contributed by atoms with Crippen LogP contribution in [0.5, 0.6) is 0 Å². The Kier molecular flexibility index (Phi) is 6.13. The molecule has 132 valence electrons. The minimum Gasteiger partial charge on any atom is -0.287 e. The number of benzene rings is 1. The molecule has 24 heavy (non-hydrogen) atoms. The second kappa shape index (κ2) is 7.73. The van der Waals surface area contributed by atoms with Crippen molar-refractivity contribution >= 4 is 44.7 Å². The molecule has 0 bridgehead atoms. The van der Waals surface area contributed by atoms with E-state index in [4.69, 9.17) is 11.6 Å². The Morgan fingerprint density at radius 2 is 1.92 bits per heavy atom. The SMILES string of the molecule is CCSC1=NC(S(=O)(=O)O)N(CC)C(=O)N1Cc1ccc(Cl)cc1. The van der Waals surface area contributed by atoms with E-state index >= 15 is 0 Å². The molecule has 10 heteroatoms. The topological polar surface area (TPSA) is 90.3 Å². The first-order chi connectivity index (χ1) is 11.3. The van der Waals surface area contributed by atoms with Gasteiger partial charge >= 0.3 is 16.1 Å². The maximum absolute atomic E-state index is 12.7. The summed E-state index contributed by atoms with van der Waals surface area (Å²) in [6.07, 6.45) is 0. The number of carbonyl (C=O) groups excluding carboxylic acids is 1. The molecule has 1 unspecified atom stereocenters. The lowest BCUT2D eigenvalue weighted by atomic mass is 10.2. The van der Waals surface area contributed by atoms with Gasteiger partial charge in [0.05, 0.1) is 6.54 Å². The number of hydrogen-bond acceptors (Lipinski definition) is 5. The summed E-state index contributed by atoms with van der Waals surface area (Å²) >= 11 is 7.11. The van der Waals surface area contributed by atoms with Crippen LogP contribution in [0, 0.1) is 0 Å². The maximum atomic E-state index is 12.7. The Morgan fingerprint density at radius 1 is 1.29 bits per heavy atom. The molecular formula is C14H18ClN3O4S2. The van der Waals surface area contributed by atoms with Crippen LogP contribution in [0.1, 0.15) is 19.4 Å². The molecule has 1 aromatic carbocycles. The molecule has 0 aliphatic carbocycles. The molecular weight excluding hydrogens is 374 g/mol. The van der Waals surface area contributed by atoms with E-state index in [-0.39, 0.29) is 18.3 Å². The van der Waals surface area contributed by atoms with Crippen molar-refractivity contribution in [1.29, 1.82) is 0 Å². The molecule has 1 N–H and O–H groups in total. The van der Waals surface area contributed by atoms with Gasteiger partial charge in [-0.05, 0) is 30.4 Å². The van der Waals surface area contributed by atoms with E-state index in [2.05, 4.69) is 4.99 Å². The van der Waals surface area contributed by atoms with Gasteiger partial charge in [-0.15, -0.1) is 0 Å². The Balaban J connectivity index is 2.40. The number of amidine groups is 1. The van der Waals surface area contributed by atoms with Gasteiger partial charge in [0.15, 0.2) is 5.17 Å². The van der Waals surface area contributed by atoms with E-state index in [1.54, 1.807) is 31.2 Å². The Morgan fingerprint density at radius 3 is 2.42 bits per heavy atom. The van der Waals surface area contributed by atoms with Gasteiger partial charge in [0.25, 0.3) is 5.50 Å². The summed E-state index contributed by atoms with van der Waals surface area (Å²) in [6.45, 7) is 3.83. The van der Waals surface area contributed by atoms with Crippen molar-refractivity contribution in [1.82, 2.24) is 9.80 Å². The van der Waals surface area contributed by atoms with Crippen LogP contribution in [-0.2, 0) is 16.7 Å². The lowest BCUT2D eigenvalue weighted by Crippen LogP contribution is -2.55. The maximum Gasteiger partial charge on any atom is 0.328 e. The summed E-state index contributed by atoms with van der Waals surface area (Å²) in [7, 11) is -4.51. The van der Waals surface area contributed by atoms with E-state index in [9.17, 15) is 17.8 Å². The molecule has 1 aromatic rings. The third-order valence-corrected chi connectivity index (χ3v) is 5.35. The van der Waals surface area contributed by atoms with Crippen LogP contribution < -0.4 is 0 Å². The highest BCUT2D eigenvalue weighted by Crippen LogP contribution is 2.25. The van der Waals surface area contributed by atoms with E-state index in [1.165, 1.54) is 16.7 Å². The van der Waals surface area contributed by atoms with Crippen molar-refractivity contribution in [2.75, 3.05) is 12.3 Å². The fraction of sp³-hybridized carbons (Fsp3) is 0.429. The molecule has 1 heterocycles. The molecule has 1 atom stereocenters. The molecule has 0 fully saturated rings. The van der Waals surface area contributed by atoms with E-state index < -0.39 is 21.6 Å². The number of thioether (sulfide) groups is 1. The second-order valence-electron chi connectivity index (χ2n) is 4.97. The molecule has 7 nitrogen and oxygen atoms in total. The van der Waals surface area contributed by atoms with Gasteiger partial charge in [-0.3, -0.25) is 14.4 Å². The second-order valence-corrected chi connectivity index (χ2v) is 8.09. The number of rotatable bonds is 5. The van der Waals surface area contributed by atoms with Gasteiger partial charge in [-0.1, -0.05) is 42.4 Å². The molecule has 0 saturated heterocycles. The summed E-state index contributed by atoms with van der Waals surface area (Å²) in [5.41, 5.74) is -0.774. The molecule has 0 spiro atoms. The summed E-state index contributed by atoms with van der Waals surface area (Å²) < 4.78 is 32.5. The predicted octanol–water partition coefficient (Wildman–Crippen LogP) is 2.88. The van der Waals surface area contributed by atoms with Gasteiger partial charge in [-0.2, -0.15) is 8.42 Å². The standard InChI is InChI=1S/C14H18ClN3O4S2/c1-3-17-13(24(20,21)22)16-12(23-4-2)18(14(17)19)9-10-5-7-11(15)8-6-10/h5-8,13H,3-4,9H2,1-2H3,(H,20,21,22). The third-order valence-electron chi connectivity index (χ3n) is 3.33. The van der Waals surface area contributed by atoms with E-state index in [0.717, 1.165) is 10.5 Å². The van der Waals surface area contributed by atoms with Crippen LogP contribution in [-0.4, -0.2) is 51.8 Å². The minimum absolute atomic E-state index is 0.105. The van der Waals surface area contributed by atoms with E-state index in [0.29, 0.717) is 10.8 Å². The van der Waals surface area contributed by atoms with Gasteiger partial charge in [-0.25, -0.2) is 9.79 Å². The van der Waals surface area contributed by atoms with Gasteiger partial charge < -0.3 is 0 Å². The van der Waals surface area contributed by atoms with Gasteiger partial charge in [0.2, 0.25) is 0 Å². The number of amides is 2. The van der Waals surface area contributed by atoms with Crippen LogP contribution in [0.15, 0.2) is 29.3 Å². The Labute approximate surface area is 150 Å². The third kappa shape index (κ3) is 4.21. The highest BCUT2D eigenvalue weighted by molar-refractivity contribution is 8.13. The molecule has 2 amide bonds.